The van der Waals surface area contributed by atoms with Crippen LogP contribution < -0.4 is 4.66 Å². The minimum atomic E-state index is -0.167. The molecule has 0 aromatic rings. The van der Waals surface area contributed by atoms with Gasteiger partial charge in [0, 0.05) is 0 Å². The smallest absolute Gasteiger partial charge is 0.327 e. The molecule has 0 aromatic heterocycles. The summed E-state index contributed by atoms with van der Waals surface area (Å²) in [5.74, 6) is 0. The first-order valence-electron chi connectivity index (χ1n) is 0.612. The summed E-state index contributed by atoms with van der Waals surface area (Å²) < 4.78 is 15.2. The van der Waals surface area contributed by atoms with Gasteiger partial charge in [0.1, 0.15) is 6.79 Å². The zero-order valence-corrected chi connectivity index (χ0v) is 3.10. The molecule has 32 valence electrons. The summed E-state index contributed by atoms with van der Waals surface area (Å²) >= 11 is -0.167. The molecule has 0 saturated heterocycles. The SMILES string of the molecule is C=O.[O-][Cl+]O. The standard InChI is InChI=1S/CH2O.ClHO2/c1-2;2-1-3/h1H2;2H. The first-order chi connectivity index (χ1) is 2.41. The maximum absolute atomic E-state index is 8.35. The minimum Gasteiger partial charge on any atom is -0.506 e. The van der Waals surface area contributed by atoms with Crippen LogP contribution in [0, 0.1) is 11.3 Å². The molecule has 0 aliphatic rings. The number of rotatable bonds is 0. The van der Waals surface area contributed by atoms with Gasteiger partial charge in [-0.15, -0.1) is 4.66 Å². The van der Waals surface area contributed by atoms with Crippen molar-refractivity contribution in [2.45, 2.75) is 0 Å². The summed E-state index contributed by atoms with van der Waals surface area (Å²) in [6, 6.07) is 0. The molecule has 0 spiro atoms. The number of carbonyl (C=O) groups excluding carboxylic acids is 1. The van der Waals surface area contributed by atoms with E-state index in [1.54, 1.807) is 0 Å². The zero-order valence-electron chi connectivity index (χ0n) is 2.35. The quantitative estimate of drug-likeness (QED) is 0.384. The Morgan fingerprint density at radius 2 is 1.80 bits per heavy atom. The van der Waals surface area contributed by atoms with E-state index in [0.717, 1.165) is 0 Å². The summed E-state index contributed by atoms with van der Waals surface area (Å²) in [5, 5.41) is 0. The van der Waals surface area contributed by atoms with Gasteiger partial charge in [-0.3, -0.25) is 0 Å². The number of halogens is 1. The van der Waals surface area contributed by atoms with E-state index < -0.39 is 0 Å². The van der Waals surface area contributed by atoms with Crippen molar-refractivity contribution < 1.29 is 25.4 Å². The predicted octanol–water partition coefficient (Wildman–Crippen LogP) is -1.93. The fourth-order valence-electron chi connectivity index (χ4n) is 0. The Morgan fingerprint density at radius 1 is 1.80 bits per heavy atom. The molecule has 0 rings (SSSR count). The molecule has 0 aliphatic heterocycles. The summed E-state index contributed by atoms with van der Waals surface area (Å²) in [4.78, 5) is 8.00. The molecule has 4 heteroatoms. The summed E-state index contributed by atoms with van der Waals surface area (Å²) in [6.07, 6.45) is 0. The van der Waals surface area contributed by atoms with Crippen molar-refractivity contribution in [3.05, 3.63) is 0 Å². The van der Waals surface area contributed by atoms with Gasteiger partial charge in [-0.05, 0) is 0 Å². The number of carbonyl (C=O) groups is 1. The van der Waals surface area contributed by atoms with E-state index >= 15 is 0 Å². The van der Waals surface area contributed by atoms with E-state index in [1.807, 2.05) is 6.79 Å². The van der Waals surface area contributed by atoms with Gasteiger partial charge in [0.25, 0.3) is 0 Å². The predicted molar refractivity (Wildman–Crippen MR) is 9.34 cm³/mol. The first kappa shape index (κ1) is 8.86. The maximum atomic E-state index is 8.35. The van der Waals surface area contributed by atoms with E-state index in [1.165, 1.54) is 0 Å². The van der Waals surface area contributed by atoms with Crippen LogP contribution in [-0.4, -0.2) is 11.4 Å². The number of hydrogen-bond acceptors (Lipinski definition) is 3. The van der Waals surface area contributed by atoms with Crippen LogP contribution in [0.3, 0.4) is 0 Å². The lowest BCUT2D eigenvalue weighted by Gasteiger charge is -1.46. The van der Waals surface area contributed by atoms with Gasteiger partial charge in [-0.25, -0.2) is 0 Å². The topological polar surface area (TPSA) is 60.4 Å². The van der Waals surface area contributed by atoms with Gasteiger partial charge in [0.15, 0.2) is 0 Å². The highest BCUT2D eigenvalue weighted by atomic mass is 35.6. The third-order valence-electron chi connectivity index (χ3n) is 0. The maximum Gasteiger partial charge on any atom is 0.327 e. The summed E-state index contributed by atoms with van der Waals surface area (Å²) in [6.45, 7) is 2.00. The summed E-state index contributed by atoms with van der Waals surface area (Å²) in [5.41, 5.74) is 0. The van der Waals surface area contributed by atoms with Crippen LogP contribution >= 0.6 is 0 Å². The van der Waals surface area contributed by atoms with Crippen LogP contribution in [0.5, 0.6) is 0 Å². The second-order valence-corrected chi connectivity index (χ2v) is 0.207. The third kappa shape index (κ3) is 952. The minimum absolute atomic E-state index is 0.167. The van der Waals surface area contributed by atoms with Crippen molar-refractivity contribution in [3.8, 4) is 0 Å². The fourth-order valence-corrected chi connectivity index (χ4v) is 0. The van der Waals surface area contributed by atoms with Gasteiger partial charge >= 0.3 is 11.3 Å². The third-order valence-corrected chi connectivity index (χ3v) is 0. The van der Waals surface area contributed by atoms with Crippen molar-refractivity contribution in [1.29, 1.82) is 0 Å². The zero-order chi connectivity index (χ0) is 4.71. The van der Waals surface area contributed by atoms with Crippen LogP contribution in [0.1, 0.15) is 0 Å². The lowest BCUT2D eigenvalue weighted by Crippen LogP contribution is -1.94. The molecule has 0 aliphatic carbocycles. The Kier molecular flexibility index (Phi) is 73.6. The Bertz CT molecular complexity index is 10.9. The second kappa shape index (κ2) is 41.6. The van der Waals surface area contributed by atoms with Gasteiger partial charge in [-0.2, -0.15) is 0 Å². The molecule has 0 heterocycles. The van der Waals surface area contributed by atoms with E-state index in [4.69, 9.17) is 14.1 Å². The van der Waals surface area contributed by atoms with E-state index in [9.17, 15) is 0 Å². The molecule has 1 N–H and O–H groups in total. The molecule has 0 bridgehead atoms. The monoisotopic (exact) mass is 98.0 g/mol. The first-order valence-corrected chi connectivity index (χ1v) is 1.26. The van der Waals surface area contributed by atoms with Crippen LogP contribution in [0.25, 0.3) is 0 Å². The highest BCUT2D eigenvalue weighted by Gasteiger charge is 1.47. The van der Waals surface area contributed by atoms with Gasteiger partial charge < -0.3 is 9.45 Å². The fraction of sp³-hybridized carbons (Fsp3) is 0. The lowest BCUT2D eigenvalue weighted by atomic mass is 11.9. The van der Waals surface area contributed by atoms with Gasteiger partial charge in [0.2, 0.25) is 0 Å². The van der Waals surface area contributed by atoms with Crippen molar-refractivity contribution >= 4 is 6.79 Å². The van der Waals surface area contributed by atoms with Crippen LogP contribution in [0.2, 0.25) is 0 Å². The molecular weight excluding hydrogens is 95.5 g/mol. The molecule has 0 fully saturated rings. The van der Waals surface area contributed by atoms with Gasteiger partial charge in [0.05, 0.1) is 0 Å². The molecule has 0 radical (unpaired) electrons. The molecule has 3 nitrogen and oxygen atoms in total. The Labute approximate surface area is 33.3 Å². The molecule has 5 heavy (non-hydrogen) atoms. The van der Waals surface area contributed by atoms with Crippen molar-refractivity contribution in [1.82, 2.24) is 0 Å². The molecular formula is CH3ClO3. The lowest BCUT2D eigenvalue weighted by molar-refractivity contribution is -1.27. The van der Waals surface area contributed by atoms with E-state index in [2.05, 4.69) is 0 Å². The molecule has 0 unspecified atom stereocenters. The number of hydrogen-bond donors (Lipinski definition) is 1. The molecule has 0 saturated carbocycles. The van der Waals surface area contributed by atoms with Crippen molar-refractivity contribution in [3.63, 3.8) is 0 Å². The highest BCUT2D eigenvalue weighted by Crippen LogP contribution is 1.13. The van der Waals surface area contributed by atoms with Crippen LogP contribution in [-0.2, 0) is 4.79 Å². The largest absolute Gasteiger partial charge is 0.506 e. The average Bonchev–Trinajstić information content (AvgIpc) is 1.46. The highest BCUT2D eigenvalue weighted by molar-refractivity contribution is 5.10. The Balaban J connectivity index is 0. The normalized spacial score (nSPS) is 4.40. The summed E-state index contributed by atoms with van der Waals surface area (Å²) in [7, 11) is 0. The Morgan fingerprint density at radius 3 is 1.80 bits per heavy atom. The molecule has 0 aromatic carbocycles. The van der Waals surface area contributed by atoms with E-state index in [-0.39, 0.29) is 11.3 Å². The van der Waals surface area contributed by atoms with E-state index in [0.29, 0.717) is 0 Å². The van der Waals surface area contributed by atoms with Gasteiger partial charge in [-0.1, -0.05) is 0 Å². The van der Waals surface area contributed by atoms with Crippen molar-refractivity contribution in [2.75, 3.05) is 0 Å². The Hall–Kier alpha value is -0.120. The van der Waals surface area contributed by atoms with Crippen molar-refractivity contribution in [2.24, 2.45) is 0 Å². The molecule has 0 atom stereocenters. The second-order valence-electron chi connectivity index (χ2n) is 0.0690. The molecule has 0 amide bonds. The van der Waals surface area contributed by atoms with Crippen LogP contribution in [0.15, 0.2) is 0 Å². The average molecular weight is 98.5 g/mol. The van der Waals surface area contributed by atoms with Crippen LogP contribution in [0.4, 0.5) is 0 Å².